The maximum absolute atomic E-state index is 13.1. The molecule has 5 amide bonds. The quantitative estimate of drug-likeness (QED) is 0.293. The lowest BCUT2D eigenvalue weighted by atomic mass is 10.1. The Labute approximate surface area is 229 Å². The van der Waals surface area contributed by atoms with Gasteiger partial charge in [-0.05, 0) is 82.2 Å². The van der Waals surface area contributed by atoms with Crippen LogP contribution in [0, 0.1) is 5.82 Å². The van der Waals surface area contributed by atoms with Crippen molar-refractivity contribution < 1.29 is 33.0 Å². The van der Waals surface area contributed by atoms with Gasteiger partial charge in [0.15, 0.2) is 18.1 Å². The van der Waals surface area contributed by atoms with E-state index in [9.17, 15) is 23.6 Å². The monoisotopic (exact) mass is 601 g/mol. The molecule has 1 heterocycles. The number of methoxy groups -OCH3 is 1. The molecule has 1 aliphatic rings. The zero-order valence-corrected chi connectivity index (χ0v) is 21.9. The molecule has 0 unspecified atom stereocenters. The van der Waals surface area contributed by atoms with Gasteiger partial charge < -0.3 is 14.8 Å². The molecule has 0 aliphatic carbocycles. The Morgan fingerprint density at radius 3 is 2.55 bits per heavy atom. The Morgan fingerprint density at radius 1 is 1.13 bits per heavy atom. The average Bonchev–Trinajstić information content (AvgIpc) is 2.87. The number of nitrogens with one attached hydrogen (secondary N) is 2. The zero-order valence-electron chi connectivity index (χ0n) is 19.6. The minimum Gasteiger partial charge on any atom is -0.493 e. The van der Waals surface area contributed by atoms with E-state index in [0.717, 1.165) is 4.90 Å². The van der Waals surface area contributed by atoms with Crippen molar-refractivity contribution in [1.82, 2.24) is 5.32 Å². The van der Waals surface area contributed by atoms with Crippen LogP contribution in [-0.2, 0) is 14.4 Å². The van der Waals surface area contributed by atoms with Gasteiger partial charge in [-0.2, -0.15) is 0 Å². The van der Waals surface area contributed by atoms with Crippen molar-refractivity contribution >= 4 is 68.7 Å². The van der Waals surface area contributed by atoms with E-state index in [1.54, 1.807) is 18.2 Å². The van der Waals surface area contributed by atoms with Gasteiger partial charge in [0.2, 0.25) is 0 Å². The van der Waals surface area contributed by atoms with Crippen LogP contribution in [0.4, 0.5) is 20.6 Å². The fourth-order valence-corrected chi connectivity index (χ4v) is 4.26. The van der Waals surface area contributed by atoms with E-state index >= 15 is 0 Å². The molecule has 0 saturated carbocycles. The predicted molar refractivity (Wildman–Crippen MR) is 142 cm³/mol. The molecule has 12 heteroatoms. The van der Waals surface area contributed by atoms with E-state index in [1.807, 2.05) is 0 Å². The second-order valence-electron chi connectivity index (χ2n) is 7.82. The molecule has 0 aromatic heterocycles. The van der Waals surface area contributed by atoms with E-state index in [1.165, 1.54) is 55.7 Å². The summed E-state index contributed by atoms with van der Waals surface area (Å²) in [6.45, 7) is -0.385. The number of halogens is 3. The van der Waals surface area contributed by atoms with Crippen molar-refractivity contribution in [3.63, 3.8) is 0 Å². The third-order valence-corrected chi connectivity index (χ3v) is 6.03. The molecule has 9 nitrogen and oxygen atoms in total. The number of carbonyl (C=O) groups excluding carboxylic acids is 4. The first kappa shape index (κ1) is 26.8. The number of amides is 5. The number of anilines is 2. The second-order valence-corrected chi connectivity index (χ2v) is 9.11. The Balaban J connectivity index is 1.55. The highest BCUT2D eigenvalue weighted by Crippen LogP contribution is 2.37. The number of ether oxygens (including phenoxy) is 2. The number of imide groups is 2. The van der Waals surface area contributed by atoms with Crippen LogP contribution in [0.5, 0.6) is 11.5 Å². The molecule has 4 rings (SSSR count). The van der Waals surface area contributed by atoms with E-state index in [4.69, 9.17) is 21.1 Å². The second kappa shape index (κ2) is 11.4. The van der Waals surface area contributed by atoms with E-state index in [2.05, 4.69) is 26.6 Å². The number of urea groups is 1. The third-order valence-electron chi connectivity index (χ3n) is 5.21. The average molecular weight is 603 g/mol. The van der Waals surface area contributed by atoms with Gasteiger partial charge in [0.05, 0.1) is 17.3 Å². The Morgan fingerprint density at radius 2 is 1.87 bits per heavy atom. The fourth-order valence-electron chi connectivity index (χ4n) is 3.51. The van der Waals surface area contributed by atoms with Crippen LogP contribution in [0.1, 0.15) is 5.56 Å². The summed E-state index contributed by atoms with van der Waals surface area (Å²) in [5.41, 5.74) is 0.662. The van der Waals surface area contributed by atoms with Crippen LogP contribution in [0.15, 0.2) is 70.7 Å². The number of benzene rings is 3. The lowest BCUT2D eigenvalue weighted by molar-refractivity contribution is -0.122. The van der Waals surface area contributed by atoms with Crippen molar-refractivity contribution in [3.05, 3.63) is 87.1 Å². The number of hydrogen-bond donors (Lipinski definition) is 2. The van der Waals surface area contributed by atoms with Gasteiger partial charge in [-0.15, -0.1) is 0 Å². The smallest absolute Gasteiger partial charge is 0.335 e. The summed E-state index contributed by atoms with van der Waals surface area (Å²) in [6, 6.07) is 13.5. The molecule has 1 saturated heterocycles. The Hall–Kier alpha value is -4.22. The summed E-state index contributed by atoms with van der Waals surface area (Å²) < 4.78 is 24.4. The molecular weight excluding hydrogens is 585 g/mol. The number of rotatable bonds is 7. The first-order chi connectivity index (χ1) is 18.2. The molecule has 38 heavy (non-hydrogen) atoms. The van der Waals surface area contributed by atoms with E-state index in [-0.39, 0.29) is 29.4 Å². The van der Waals surface area contributed by atoms with Gasteiger partial charge in [-0.3, -0.25) is 19.7 Å². The molecule has 2 N–H and O–H groups in total. The first-order valence-corrected chi connectivity index (χ1v) is 12.1. The van der Waals surface area contributed by atoms with Crippen LogP contribution in [-0.4, -0.2) is 37.5 Å². The van der Waals surface area contributed by atoms with Crippen LogP contribution < -0.4 is 25.0 Å². The van der Waals surface area contributed by atoms with Gasteiger partial charge >= 0.3 is 6.03 Å². The summed E-state index contributed by atoms with van der Waals surface area (Å²) >= 11 is 9.34. The highest BCUT2D eigenvalue weighted by atomic mass is 79.9. The molecule has 1 aliphatic heterocycles. The zero-order chi connectivity index (χ0) is 27.4. The van der Waals surface area contributed by atoms with Crippen LogP contribution in [0.25, 0.3) is 6.08 Å². The topological polar surface area (TPSA) is 114 Å². The Bertz CT molecular complexity index is 1480. The van der Waals surface area contributed by atoms with Crippen molar-refractivity contribution in [2.75, 3.05) is 23.9 Å². The van der Waals surface area contributed by atoms with Crippen molar-refractivity contribution in [1.29, 1.82) is 0 Å². The number of carbonyl (C=O) groups is 4. The Kier molecular flexibility index (Phi) is 8.08. The lowest BCUT2D eigenvalue weighted by Crippen LogP contribution is -2.54. The summed E-state index contributed by atoms with van der Waals surface area (Å²) in [6.07, 6.45) is 1.29. The third kappa shape index (κ3) is 6.01. The number of hydrogen-bond acceptors (Lipinski definition) is 6. The van der Waals surface area contributed by atoms with E-state index in [0.29, 0.717) is 20.7 Å². The molecule has 3 aromatic rings. The standard InChI is InChI=1S/C26H18BrClFN3O6/c1-37-21-11-14(10-20(27)23(21)38-13-22(33)30-17-7-5-16(29)6-8-17)9-19-24(34)31-26(36)32(25(19)35)18-4-2-3-15(28)12-18/h2-12H,13H2,1H3,(H,30,33)(H,31,34,36)/b19-9+. The molecule has 3 aromatic carbocycles. The first-order valence-electron chi connectivity index (χ1n) is 10.9. The summed E-state index contributed by atoms with van der Waals surface area (Å²) in [4.78, 5) is 51.1. The number of barbiturate groups is 1. The number of nitrogens with zero attached hydrogens (tertiary/aromatic N) is 1. The van der Waals surface area contributed by atoms with Crippen molar-refractivity contribution in [3.8, 4) is 11.5 Å². The lowest BCUT2D eigenvalue weighted by Gasteiger charge is -2.26. The van der Waals surface area contributed by atoms with Crippen LogP contribution >= 0.6 is 27.5 Å². The molecule has 0 radical (unpaired) electrons. The largest absolute Gasteiger partial charge is 0.493 e. The predicted octanol–water partition coefficient (Wildman–Crippen LogP) is 4.93. The summed E-state index contributed by atoms with van der Waals surface area (Å²) in [5, 5.41) is 5.03. The van der Waals surface area contributed by atoms with Gasteiger partial charge in [0.1, 0.15) is 11.4 Å². The van der Waals surface area contributed by atoms with Gasteiger partial charge in [0.25, 0.3) is 17.7 Å². The SMILES string of the molecule is COc1cc(/C=C2\C(=O)NC(=O)N(c3cccc(Cl)c3)C2=O)cc(Br)c1OCC(=O)Nc1ccc(F)cc1. The summed E-state index contributed by atoms with van der Waals surface area (Å²) in [7, 11) is 1.38. The molecule has 0 atom stereocenters. The van der Waals surface area contributed by atoms with Crippen molar-refractivity contribution in [2.45, 2.75) is 0 Å². The molecule has 0 spiro atoms. The maximum atomic E-state index is 13.1. The summed E-state index contributed by atoms with van der Waals surface area (Å²) in [5.74, 6) is -2.24. The molecule has 1 fully saturated rings. The highest BCUT2D eigenvalue weighted by molar-refractivity contribution is 9.10. The normalized spacial score (nSPS) is 14.4. The highest BCUT2D eigenvalue weighted by Gasteiger charge is 2.37. The van der Waals surface area contributed by atoms with Gasteiger partial charge in [-0.25, -0.2) is 14.1 Å². The maximum Gasteiger partial charge on any atom is 0.335 e. The van der Waals surface area contributed by atoms with E-state index < -0.39 is 29.6 Å². The molecule has 194 valence electrons. The molecule has 0 bridgehead atoms. The van der Waals surface area contributed by atoms with Crippen molar-refractivity contribution in [2.24, 2.45) is 0 Å². The van der Waals surface area contributed by atoms with Crippen LogP contribution in [0.2, 0.25) is 5.02 Å². The van der Waals surface area contributed by atoms with Gasteiger partial charge in [0, 0.05) is 10.7 Å². The fraction of sp³-hybridized carbons (Fsp3) is 0.0769. The van der Waals surface area contributed by atoms with Gasteiger partial charge in [-0.1, -0.05) is 17.7 Å². The minimum atomic E-state index is -0.902. The minimum absolute atomic E-state index is 0.194. The molecular formula is C26H18BrClFN3O6. The van der Waals surface area contributed by atoms with Crippen LogP contribution in [0.3, 0.4) is 0 Å².